The van der Waals surface area contributed by atoms with Gasteiger partial charge in [-0.15, -0.1) is 11.3 Å². The van der Waals surface area contributed by atoms with E-state index in [2.05, 4.69) is 29.5 Å². The smallest absolute Gasteiger partial charge is 0.172 e. The first kappa shape index (κ1) is 16.0. The first-order valence-electron chi connectivity index (χ1n) is 7.86. The predicted octanol–water partition coefficient (Wildman–Crippen LogP) is 5.10. The first-order valence-corrected chi connectivity index (χ1v) is 8.68. The molecular formula is C17H24N2OS. The number of Topliss-reactive ketones (excluding diaryl/α,β-unsaturated/α-hetero) is 1. The lowest BCUT2D eigenvalue weighted by molar-refractivity contribution is 0.0983. The molecule has 0 spiro atoms. The van der Waals surface area contributed by atoms with Crippen molar-refractivity contribution >= 4 is 17.1 Å². The summed E-state index contributed by atoms with van der Waals surface area (Å²) in [5, 5.41) is 0. The third-order valence-corrected chi connectivity index (χ3v) is 4.91. The predicted molar refractivity (Wildman–Crippen MR) is 88.1 cm³/mol. The van der Waals surface area contributed by atoms with E-state index < -0.39 is 0 Å². The van der Waals surface area contributed by atoms with Crippen LogP contribution < -0.4 is 0 Å². The number of hydrogen-bond acceptors (Lipinski definition) is 3. The summed E-state index contributed by atoms with van der Waals surface area (Å²) in [5.41, 5.74) is 0. The molecule has 2 aromatic rings. The number of nitrogens with zero attached hydrogens (tertiary/aromatic N) is 2. The number of hydrogen-bond donors (Lipinski definition) is 0. The molecule has 0 aliphatic heterocycles. The number of thiophene rings is 1. The Hall–Kier alpha value is -1.42. The Morgan fingerprint density at radius 3 is 2.81 bits per heavy atom. The molecular weight excluding hydrogens is 280 g/mol. The second-order valence-electron chi connectivity index (χ2n) is 5.40. The van der Waals surface area contributed by atoms with E-state index in [-0.39, 0.29) is 0 Å². The number of imidazole rings is 1. The number of ketones is 1. The second kappa shape index (κ2) is 8.13. The van der Waals surface area contributed by atoms with Gasteiger partial charge in [0.15, 0.2) is 5.78 Å². The summed E-state index contributed by atoms with van der Waals surface area (Å²) in [4.78, 5) is 18.5. The van der Waals surface area contributed by atoms with Gasteiger partial charge < -0.3 is 4.57 Å². The molecule has 0 fully saturated rings. The molecule has 21 heavy (non-hydrogen) atoms. The van der Waals surface area contributed by atoms with E-state index in [4.69, 9.17) is 0 Å². The molecule has 3 nitrogen and oxygen atoms in total. The van der Waals surface area contributed by atoms with Crippen LogP contribution in [0.15, 0.2) is 30.9 Å². The molecule has 0 saturated heterocycles. The van der Waals surface area contributed by atoms with Gasteiger partial charge in [-0.2, -0.15) is 0 Å². The molecule has 0 aliphatic carbocycles. The molecule has 0 N–H and O–H groups in total. The van der Waals surface area contributed by atoms with Crippen LogP contribution in [-0.4, -0.2) is 15.3 Å². The molecule has 0 aromatic carbocycles. The monoisotopic (exact) mass is 304 g/mol. The van der Waals surface area contributed by atoms with Crippen LogP contribution in [0.5, 0.6) is 0 Å². The third-order valence-electron chi connectivity index (χ3n) is 3.68. The van der Waals surface area contributed by atoms with Crippen LogP contribution in [0.2, 0.25) is 0 Å². The van der Waals surface area contributed by atoms with Crippen LogP contribution in [0.4, 0.5) is 0 Å². The van der Waals surface area contributed by atoms with Gasteiger partial charge in [0.1, 0.15) is 0 Å². The Balaban J connectivity index is 2.08. The Labute approximate surface area is 131 Å². The maximum atomic E-state index is 12.2. The van der Waals surface area contributed by atoms with Gasteiger partial charge in [-0.1, -0.05) is 33.1 Å². The molecule has 0 radical (unpaired) electrons. The summed E-state index contributed by atoms with van der Waals surface area (Å²) in [6.07, 6.45) is 11.8. The zero-order valence-corrected chi connectivity index (χ0v) is 13.7. The minimum atomic E-state index is 0.292. The zero-order chi connectivity index (χ0) is 15.1. The lowest BCUT2D eigenvalue weighted by Crippen LogP contribution is -2.06. The molecule has 1 unspecified atom stereocenters. The van der Waals surface area contributed by atoms with Crippen molar-refractivity contribution in [2.24, 2.45) is 0 Å². The first-order chi connectivity index (χ1) is 10.3. The van der Waals surface area contributed by atoms with Crippen molar-refractivity contribution in [1.29, 1.82) is 0 Å². The maximum Gasteiger partial charge on any atom is 0.172 e. The fraction of sp³-hybridized carbons (Fsp3) is 0.529. The zero-order valence-electron chi connectivity index (χ0n) is 12.9. The van der Waals surface area contributed by atoms with Gasteiger partial charge >= 0.3 is 0 Å². The van der Waals surface area contributed by atoms with Crippen LogP contribution in [0.3, 0.4) is 0 Å². The van der Waals surface area contributed by atoms with E-state index in [0.717, 1.165) is 37.0 Å². The topological polar surface area (TPSA) is 34.9 Å². The maximum absolute atomic E-state index is 12.2. The highest BCUT2D eigenvalue weighted by molar-refractivity contribution is 7.14. The molecule has 2 aromatic heterocycles. The summed E-state index contributed by atoms with van der Waals surface area (Å²) < 4.78 is 2.14. The van der Waals surface area contributed by atoms with Gasteiger partial charge in [0.05, 0.1) is 17.2 Å². The Morgan fingerprint density at radius 1 is 1.29 bits per heavy atom. The number of unbranched alkanes of at least 4 members (excludes halogenated alkanes) is 2. The van der Waals surface area contributed by atoms with Crippen molar-refractivity contribution in [3.63, 3.8) is 0 Å². The van der Waals surface area contributed by atoms with E-state index in [1.165, 1.54) is 4.88 Å². The summed E-state index contributed by atoms with van der Waals surface area (Å²) in [7, 11) is 0. The Morgan fingerprint density at radius 2 is 2.14 bits per heavy atom. The molecule has 0 amide bonds. The molecule has 4 heteroatoms. The van der Waals surface area contributed by atoms with Crippen LogP contribution in [0.1, 0.15) is 73.0 Å². The highest BCUT2D eigenvalue weighted by Gasteiger charge is 2.17. The minimum Gasteiger partial charge on any atom is -0.329 e. The van der Waals surface area contributed by atoms with Crippen molar-refractivity contribution in [2.45, 2.75) is 58.4 Å². The highest BCUT2D eigenvalue weighted by atomic mass is 32.1. The van der Waals surface area contributed by atoms with Gasteiger partial charge in [-0.25, -0.2) is 4.98 Å². The average molecular weight is 304 g/mol. The number of carbonyl (C=O) groups excluding carboxylic acids is 1. The average Bonchev–Trinajstić information content (AvgIpc) is 3.16. The fourth-order valence-corrected chi connectivity index (χ4v) is 3.62. The van der Waals surface area contributed by atoms with E-state index in [1.807, 2.05) is 24.8 Å². The van der Waals surface area contributed by atoms with Crippen LogP contribution in [0.25, 0.3) is 0 Å². The van der Waals surface area contributed by atoms with Crippen molar-refractivity contribution in [3.05, 3.63) is 40.6 Å². The minimum absolute atomic E-state index is 0.292. The van der Waals surface area contributed by atoms with E-state index >= 15 is 0 Å². The number of aromatic nitrogens is 2. The molecule has 114 valence electrons. The van der Waals surface area contributed by atoms with E-state index in [9.17, 15) is 4.79 Å². The lowest BCUT2D eigenvalue weighted by Gasteiger charge is -2.15. The molecule has 0 aliphatic rings. The number of carbonyl (C=O) groups is 1. The highest BCUT2D eigenvalue weighted by Crippen LogP contribution is 2.30. The molecule has 0 bridgehead atoms. The van der Waals surface area contributed by atoms with Gasteiger partial charge in [0, 0.05) is 23.7 Å². The standard InChI is InChI=1S/C17H24N2OS/c1-3-5-6-8-15(20)17-10-9-16(21-17)14(7-4-2)19-12-11-18-13-19/h9-14H,3-8H2,1-2H3. The molecule has 0 saturated carbocycles. The Kier molecular flexibility index (Phi) is 6.18. The van der Waals surface area contributed by atoms with Crippen LogP contribution >= 0.6 is 11.3 Å². The van der Waals surface area contributed by atoms with Gasteiger partial charge in [-0.3, -0.25) is 4.79 Å². The van der Waals surface area contributed by atoms with Crippen LogP contribution in [-0.2, 0) is 0 Å². The van der Waals surface area contributed by atoms with Gasteiger partial charge in [-0.05, 0) is 25.0 Å². The Bertz CT molecular complexity index is 545. The lowest BCUT2D eigenvalue weighted by atomic mass is 10.1. The molecule has 2 rings (SSSR count). The third kappa shape index (κ3) is 4.27. The van der Waals surface area contributed by atoms with E-state index in [1.54, 1.807) is 11.3 Å². The molecule has 1 atom stereocenters. The largest absolute Gasteiger partial charge is 0.329 e. The fourth-order valence-electron chi connectivity index (χ4n) is 2.51. The number of rotatable bonds is 9. The van der Waals surface area contributed by atoms with Crippen LogP contribution in [0, 0.1) is 0 Å². The van der Waals surface area contributed by atoms with Gasteiger partial charge in [0.25, 0.3) is 0 Å². The summed E-state index contributed by atoms with van der Waals surface area (Å²) in [6.45, 7) is 4.35. The van der Waals surface area contributed by atoms with E-state index in [0.29, 0.717) is 18.2 Å². The normalized spacial score (nSPS) is 12.5. The second-order valence-corrected chi connectivity index (χ2v) is 6.51. The van der Waals surface area contributed by atoms with Gasteiger partial charge in [0.2, 0.25) is 0 Å². The van der Waals surface area contributed by atoms with Crippen molar-refractivity contribution in [2.75, 3.05) is 0 Å². The summed E-state index contributed by atoms with van der Waals surface area (Å²) >= 11 is 1.65. The van der Waals surface area contributed by atoms with Crippen molar-refractivity contribution in [1.82, 2.24) is 9.55 Å². The van der Waals surface area contributed by atoms with Crippen molar-refractivity contribution < 1.29 is 4.79 Å². The quantitative estimate of drug-likeness (QED) is 0.477. The SMILES string of the molecule is CCCCCC(=O)c1ccc(C(CCC)n2ccnc2)s1. The summed E-state index contributed by atoms with van der Waals surface area (Å²) in [5.74, 6) is 0.292. The molecule has 2 heterocycles. The summed E-state index contributed by atoms with van der Waals surface area (Å²) in [6, 6.07) is 4.41. The van der Waals surface area contributed by atoms with Crippen molar-refractivity contribution in [3.8, 4) is 0 Å².